The third-order valence-corrected chi connectivity index (χ3v) is 3.34. The first-order valence-electron chi connectivity index (χ1n) is 6.88. The van der Waals surface area contributed by atoms with E-state index in [2.05, 4.69) is 12.2 Å². The number of benzene rings is 1. The summed E-state index contributed by atoms with van der Waals surface area (Å²) in [4.78, 5) is 0. The number of hydrogen-bond acceptors (Lipinski definition) is 3. The summed E-state index contributed by atoms with van der Waals surface area (Å²) in [5.41, 5.74) is 1.09. The van der Waals surface area contributed by atoms with E-state index in [1.54, 1.807) is 12.5 Å². The minimum Gasteiger partial charge on any atom is -0.489 e. The number of nitrogens with one attached hydrogen (secondary N) is 1. The highest BCUT2D eigenvalue weighted by Gasteiger charge is 2.21. The predicted octanol–water partition coefficient (Wildman–Crippen LogP) is 4.44. The molecule has 0 spiro atoms. The Balaban J connectivity index is 2.08. The fourth-order valence-corrected chi connectivity index (χ4v) is 2.31. The van der Waals surface area contributed by atoms with Gasteiger partial charge in [0.1, 0.15) is 11.9 Å². The van der Waals surface area contributed by atoms with Crippen LogP contribution in [0.25, 0.3) is 0 Å². The Hall–Kier alpha value is -1.45. The fourth-order valence-electron chi connectivity index (χ4n) is 2.13. The van der Waals surface area contributed by atoms with Crippen molar-refractivity contribution in [3.05, 3.63) is 53.4 Å². The van der Waals surface area contributed by atoms with Gasteiger partial charge < -0.3 is 14.5 Å². The molecule has 0 aliphatic heterocycles. The van der Waals surface area contributed by atoms with E-state index in [0.29, 0.717) is 5.02 Å². The zero-order valence-corrected chi connectivity index (χ0v) is 12.6. The molecule has 3 nitrogen and oxygen atoms in total. The molecule has 1 N–H and O–H groups in total. The van der Waals surface area contributed by atoms with Gasteiger partial charge in [0.2, 0.25) is 0 Å². The first-order valence-corrected chi connectivity index (χ1v) is 7.26. The van der Waals surface area contributed by atoms with Crippen molar-refractivity contribution in [1.82, 2.24) is 5.32 Å². The summed E-state index contributed by atoms with van der Waals surface area (Å²) < 4.78 is 11.2. The van der Waals surface area contributed by atoms with Crippen LogP contribution in [0.1, 0.15) is 31.9 Å². The van der Waals surface area contributed by atoms with E-state index >= 15 is 0 Å². The second kappa shape index (κ2) is 7.36. The molecule has 0 saturated carbocycles. The lowest BCUT2D eigenvalue weighted by Gasteiger charge is -2.25. The average molecular weight is 294 g/mol. The number of rotatable bonds is 7. The Morgan fingerprint density at radius 1 is 1.35 bits per heavy atom. The molecule has 0 amide bonds. The van der Waals surface area contributed by atoms with Crippen LogP contribution < -0.4 is 10.1 Å². The Labute approximate surface area is 124 Å². The first-order chi connectivity index (χ1) is 9.70. The summed E-state index contributed by atoms with van der Waals surface area (Å²) in [6.45, 7) is 5.11. The third kappa shape index (κ3) is 4.02. The van der Waals surface area contributed by atoms with Gasteiger partial charge in [-0.3, -0.25) is 0 Å². The van der Waals surface area contributed by atoms with E-state index in [9.17, 15) is 0 Å². The van der Waals surface area contributed by atoms with Gasteiger partial charge in [-0.15, -0.1) is 0 Å². The molecule has 0 radical (unpaired) electrons. The number of hydrogen-bond donors (Lipinski definition) is 1. The van der Waals surface area contributed by atoms with Crippen LogP contribution in [0.4, 0.5) is 0 Å². The second-order valence-corrected chi connectivity index (χ2v) is 5.21. The van der Waals surface area contributed by atoms with Gasteiger partial charge in [-0.05, 0) is 44.2 Å². The maximum absolute atomic E-state index is 5.99. The van der Waals surface area contributed by atoms with Crippen LogP contribution in [-0.4, -0.2) is 12.6 Å². The van der Waals surface area contributed by atoms with Crippen LogP contribution in [0.2, 0.25) is 5.02 Å². The highest BCUT2D eigenvalue weighted by Crippen LogP contribution is 2.24. The lowest BCUT2D eigenvalue weighted by Crippen LogP contribution is -2.34. The van der Waals surface area contributed by atoms with Crippen molar-refractivity contribution < 1.29 is 9.15 Å². The predicted molar refractivity (Wildman–Crippen MR) is 81.3 cm³/mol. The molecule has 1 heterocycles. The minimum atomic E-state index is -0.0300. The van der Waals surface area contributed by atoms with Gasteiger partial charge in [0.15, 0.2) is 0 Å². The molecular formula is C16H20ClNO2. The van der Waals surface area contributed by atoms with Crippen LogP contribution in [0.5, 0.6) is 5.75 Å². The fraction of sp³-hybridized carbons (Fsp3) is 0.375. The molecule has 108 valence electrons. The van der Waals surface area contributed by atoms with Crippen molar-refractivity contribution in [2.75, 3.05) is 6.54 Å². The van der Waals surface area contributed by atoms with E-state index in [1.165, 1.54) is 0 Å². The van der Waals surface area contributed by atoms with Crippen molar-refractivity contribution >= 4 is 11.6 Å². The number of ether oxygens (including phenoxy) is 1. The molecule has 2 aromatic rings. The van der Waals surface area contributed by atoms with Crippen molar-refractivity contribution in [2.45, 2.75) is 32.4 Å². The Morgan fingerprint density at radius 2 is 2.20 bits per heavy atom. The average Bonchev–Trinajstić information content (AvgIpc) is 2.93. The van der Waals surface area contributed by atoms with E-state index in [1.807, 2.05) is 37.3 Å². The van der Waals surface area contributed by atoms with Crippen LogP contribution in [0, 0.1) is 0 Å². The molecule has 1 aromatic heterocycles. The largest absolute Gasteiger partial charge is 0.489 e. The lowest BCUT2D eigenvalue weighted by atomic mass is 10.1. The van der Waals surface area contributed by atoms with E-state index in [4.69, 9.17) is 20.8 Å². The molecule has 0 bridgehead atoms. The topological polar surface area (TPSA) is 34.4 Å². The first kappa shape index (κ1) is 14.9. The summed E-state index contributed by atoms with van der Waals surface area (Å²) in [5, 5.41) is 4.17. The molecule has 20 heavy (non-hydrogen) atoms. The highest BCUT2D eigenvalue weighted by atomic mass is 35.5. The van der Waals surface area contributed by atoms with Crippen molar-refractivity contribution in [3.63, 3.8) is 0 Å². The van der Waals surface area contributed by atoms with E-state index in [-0.39, 0.29) is 12.1 Å². The van der Waals surface area contributed by atoms with Gasteiger partial charge in [0, 0.05) is 10.6 Å². The van der Waals surface area contributed by atoms with Crippen molar-refractivity contribution in [3.8, 4) is 5.75 Å². The zero-order chi connectivity index (χ0) is 14.4. The van der Waals surface area contributed by atoms with Crippen molar-refractivity contribution in [1.29, 1.82) is 0 Å². The van der Waals surface area contributed by atoms with Gasteiger partial charge in [-0.25, -0.2) is 0 Å². The molecule has 2 unspecified atom stereocenters. The Kier molecular flexibility index (Phi) is 5.50. The van der Waals surface area contributed by atoms with Crippen LogP contribution in [0.15, 0.2) is 47.3 Å². The Bertz CT molecular complexity index is 513. The quantitative estimate of drug-likeness (QED) is 0.819. The molecule has 0 aliphatic rings. The summed E-state index contributed by atoms with van der Waals surface area (Å²) in [7, 11) is 0. The maximum Gasteiger partial charge on any atom is 0.121 e. The summed E-state index contributed by atoms with van der Waals surface area (Å²) >= 11 is 5.98. The summed E-state index contributed by atoms with van der Waals surface area (Å²) in [6, 6.07) is 9.51. The highest BCUT2D eigenvalue weighted by molar-refractivity contribution is 6.30. The standard InChI is InChI=1S/C16H20ClNO2/c1-3-8-18-16(13-7-9-19-11-13)12(2)20-15-6-4-5-14(17)10-15/h4-7,9-12,16,18H,3,8H2,1-2H3. The van der Waals surface area contributed by atoms with Crippen LogP contribution >= 0.6 is 11.6 Å². The molecule has 0 saturated heterocycles. The van der Waals surface area contributed by atoms with Gasteiger partial charge in [0.25, 0.3) is 0 Å². The summed E-state index contributed by atoms with van der Waals surface area (Å²) in [6.07, 6.45) is 4.48. The van der Waals surface area contributed by atoms with E-state index < -0.39 is 0 Å². The van der Waals surface area contributed by atoms with Crippen LogP contribution in [-0.2, 0) is 0 Å². The molecule has 2 atom stereocenters. The van der Waals surface area contributed by atoms with Gasteiger partial charge in [0.05, 0.1) is 18.6 Å². The third-order valence-electron chi connectivity index (χ3n) is 3.10. The minimum absolute atomic E-state index is 0.0300. The second-order valence-electron chi connectivity index (χ2n) is 4.77. The number of furan rings is 1. The lowest BCUT2D eigenvalue weighted by molar-refractivity contribution is 0.170. The van der Waals surface area contributed by atoms with Gasteiger partial charge in [-0.1, -0.05) is 24.6 Å². The van der Waals surface area contributed by atoms with Gasteiger partial charge in [-0.2, -0.15) is 0 Å². The normalized spacial score (nSPS) is 13.9. The number of halogens is 1. The molecule has 2 rings (SSSR count). The molecule has 0 fully saturated rings. The van der Waals surface area contributed by atoms with Gasteiger partial charge >= 0.3 is 0 Å². The maximum atomic E-state index is 5.99. The SMILES string of the molecule is CCCNC(c1ccoc1)C(C)Oc1cccc(Cl)c1. The van der Waals surface area contributed by atoms with Crippen molar-refractivity contribution in [2.24, 2.45) is 0 Å². The summed E-state index contributed by atoms with van der Waals surface area (Å²) in [5.74, 6) is 0.775. The molecular weight excluding hydrogens is 274 g/mol. The molecule has 1 aromatic carbocycles. The Morgan fingerprint density at radius 3 is 2.85 bits per heavy atom. The zero-order valence-electron chi connectivity index (χ0n) is 11.8. The smallest absolute Gasteiger partial charge is 0.121 e. The monoisotopic (exact) mass is 293 g/mol. The van der Waals surface area contributed by atoms with Crippen LogP contribution in [0.3, 0.4) is 0 Å². The van der Waals surface area contributed by atoms with E-state index in [0.717, 1.165) is 24.3 Å². The molecule has 4 heteroatoms. The molecule has 0 aliphatic carbocycles.